The molecule has 1 aromatic carbocycles. The van der Waals surface area contributed by atoms with Crippen LogP contribution in [0.5, 0.6) is 0 Å². The average Bonchev–Trinajstić information content (AvgIpc) is 3.18. The second-order valence-electron chi connectivity index (χ2n) is 5.69. The van der Waals surface area contributed by atoms with Gasteiger partial charge in [-0.3, -0.25) is 19.4 Å². The summed E-state index contributed by atoms with van der Waals surface area (Å²) in [5.41, 5.74) is 6.27. The highest BCUT2D eigenvalue weighted by molar-refractivity contribution is 6.38. The van der Waals surface area contributed by atoms with Crippen LogP contribution in [-0.2, 0) is 16.0 Å². The molecule has 8 nitrogen and oxygen atoms in total. The van der Waals surface area contributed by atoms with Gasteiger partial charge in [0.1, 0.15) is 11.7 Å². The van der Waals surface area contributed by atoms with E-state index in [1.165, 1.54) is 0 Å². The summed E-state index contributed by atoms with van der Waals surface area (Å²) in [6.45, 7) is 0. The van der Waals surface area contributed by atoms with Crippen LogP contribution < -0.4 is 11.1 Å². The quantitative estimate of drug-likeness (QED) is 0.605. The van der Waals surface area contributed by atoms with E-state index in [4.69, 9.17) is 10.2 Å². The Morgan fingerprint density at radius 1 is 1.04 bits per heavy atom. The maximum Gasteiger partial charge on any atom is 0.287 e. The lowest BCUT2D eigenvalue weighted by Gasteiger charge is -2.16. The zero-order valence-corrected chi connectivity index (χ0v) is 14.2. The number of rotatable bonds is 7. The van der Waals surface area contributed by atoms with Crippen molar-refractivity contribution in [3.8, 4) is 11.5 Å². The van der Waals surface area contributed by atoms with Gasteiger partial charge in [0, 0.05) is 12.6 Å². The summed E-state index contributed by atoms with van der Waals surface area (Å²) in [7, 11) is 0. The summed E-state index contributed by atoms with van der Waals surface area (Å²) in [6, 6.07) is 13.0. The number of ketones is 1. The van der Waals surface area contributed by atoms with E-state index in [1.54, 1.807) is 48.7 Å². The Hall–Kier alpha value is -3.81. The van der Waals surface area contributed by atoms with E-state index in [2.05, 4.69) is 15.3 Å². The first kappa shape index (κ1) is 18.0. The number of oxazole rings is 1. The van der Waals surface area contributed by atoms with Gasteiger partial charge < -0.3 is 15.5 Å². The molecule has 0 bridgehead atoms. The highest BCUT2D eigenvalue weighted by Crippen LogP contribution is 2.20. The molecule has 0 aliphatic heterocycles. The van der Waals surface area contributed by atoms with Gasteiger partial charge in [0.2, 0.25) is 5.78 Å². The molecule has 2 heterocycles. The first-order valence-electron chi connectivity index (χ1n) is 8.09. The van der Waals surface area contributed by atoms with Crippen LogP contribution in [0.25, 0.3) is 11.5 Å². The molecule has 136 valence electrons. The Morgan fingerprint density at radius 3 is 2.44 bits per heavy atom. The van der Waals surface area contributed by atoms with Gasteiger partial charge in [-0.2, -0.15) is 0 Å². The first-order valence-corrected chi connectivity index (χ1v) is 8.09. The molecule has 0 aliphatic rings. The van der Waals surface area contributed by atoms with Gasteiger partial charge in [-0.25, -0.2) is 4.98 Å². The standard InChI is InChI=1S/C19H16N4O4/c20-18(25)16(24)14(10-12-6-2-1-3-7-12)23-19(26)15-17(27-11-22-15)13-8-4-5-9-21-13/h1-9,11,14H,10H2,(H2,20,25)(H,23,26). The van der Waals surface area contributed by atoms with Crippen molar-refractivity contribution < 1.29 is 18.8 Å². The number of carbonyl (C=O) groups is 3. The smallest absolute Gasteiger partial charge is 0.287 e. The number of hydrogen-bond acceptors (Lipinski definition) is 6. The van der Waals surface area contributed by atoms with Crippen molar-refractivity contribution in [2.45, 2.75) is 12.5 Å². The Labute approximate surface area is 154 Å². The monoisotopic (exact) mass is 364 g/mol. The number of hydrogen-bond donors (Lipinski definition) is 2. The molecule has 3 rings (SSSR count). The Bertz CT molecular complexity index is 954. The average molecular weight is 364 g/mol. The van der Waals surface area contributed by atoms with Crippen LogP contribution in [-0.4, -0.2) is 33.6 Å². The van der Waals surface area contributed by atoms with Crippen molar-refractivity contribution in [1.29, 1.82) is 0 Å². The molecule has 1 unspecified atom stereocenters. The summed E-state index contributed by atoms with van der Waals surface area (Å²) in [5, 5.41) is 2.52. The van der Waals surface area contributed by atoms with Crippen LogP contribution in [0.2, 0.25) is 0 Å². The van der Waals surface area contributed by atoms with Gasteiger partial charge in [-0.15, -0.1) is 0 Å². The van der Waals surface area contributed by atoms with Crippen LogP contribution in [0.4, 0.5) is 0 Å². The zero-order valence-electron chi connectivity index (χ0n) is 14.2. The number of aromatic nitrogens is 2. The molecule has 0 radical (unpaired) electrons. The zero-order chi connectivity index (χ0) is 19.2. The molecule has 2 amide bonds. The number of nitrogens with zero attached hydrogens (tertiary/aromatic N) is 2. The van der Waals surface area contributed by atoms with Gasteiger partial charge in [-0.05, 0) is 17.7 Å². The van der Waals surface area contributed by atoms with E-state index in [9.17, 15) is 14.4 Å². The molecule has 8 heteroatoms. The van der Waals surface area contributed by atoms with Crippen molar-refractivity contribution in [2.75, 3.05) is 0 Å². The third-order valence-corrected chi connectivity index (χ3v) is 3.83. The number of pyridine rings is 1. The lowest BCUT2D eigenvalue weighted by atomic mass is 10.0. The number of Topliss-reactive ketones (excluding diaryl/α,β-unsaturated/α-hetero) is 1. The summed E-state index contributed by atoms with van der Waals surface area (Å²) < 4.78 is 5.27. The third kappa shape index (κ3) is 4.24. The van der Waals surface area contributed by atoms with Gasteiger partial charge >= 0.3 is 0 Å². The number of amides is 2. The van der Waals surface area contributed by atoms with E-state index >= 15 is 0 Å². The summed E-state index contributed by atoms with van der Waals surface area (Å²) in [4.78, 5) is 44.2. The van der Waals surface area contributed by atoms with E-state index in [0.717, 1.165) is 12.0 Å². The van der Waals surface area contributed by atoms with Crippen LogP contribution in [0.1, 0.15) is 16.1 Å². The van der Waals surface area contributed by atoms with Crippen LogP contribution in [0.15, 0.2) is 65.5 Å². The van der Waals surface area contributed by atoms with Gasteiger partial charge in [0.15, 0.2) is 17.8 Å². The van der Waals surface area contributed by atoms with Crippen LogP contribution >= 0.6 is 0 Å². The second kappa shape index (κ2) is 8.05. The Kier molecular flexibility index (Phi) is 5.36. The number of carbonyl (C=O) groups excluding carboxylic acids is 3. The molecular weight excluding hydrogens is 348 g/mol. The molecule has 1 atom stereocenters. The van der Waals surface area contributed by atoms with Gasteiger partial charge in [0.25, 0.3) is 11.8 Å². The number of benzene rings is 1. The molecular formula is C19H16N4O4. The molecule has 0 aliphatic carbocycles. The molecule has 0 saturated heterocycles. The Morgan fingerprint density at radius 2 is 1.78 bits per heavy atom. The minimum absolute atomic E-state index is 0.0379. The Balaban J connectivity index is 1.84. The largest absolute Gasteiger partial charge is 0.441 e. The summed E-state index contributed by atoms with van der Waals surface area (Å²) in [5.74, 6) is -2.52. The lowest BCUT2D eigenvalue weighted by Crippen LogP contribution is -2.47. The number of primary amides is 1. The molecule has 27 heavy (non-hydrogen) atoms. The van der Waals surface area contributed by atoms with Gasteiger partial charge in [0.05, 0.1) is 0 Å². The fraction of sp³-hybridized carbons (Fsp3) is 0.105. The molecule has 0 spiro atoms. The highest BCUT2D eigenvalue weighted by atomic mass is 16.3. The number of nitrogens with one attached hydrogen (secondary N) is 1. The normalized spacial score (nSPS) is 11.6. The van der Waals surface area contributed by atoms with Crippen LogP contribution in [0.3, 0.4) is 0 Å². The first-order chi connectivity index (χ1) is 13.1. The molecule has 0 fully saturated rings. The second-order valence-corrected chi connectivity index (χ2v) is 5.69. The fourth-order valence-corrected chi connectivity index (χ4v) is 2.54. The SMILES string of the molecule is NC(=O)C(=O)C(Cc1ccccc1)NC(=O)c1ncoc1-c1ccccn1. The maximum absolute atomic E-state index is 12.7. The van der Waals surface area contributed by atoms with Crippen molar-refractivity contribution in [1.82, 2.24) is 15.3 Å². The molecule has 3 aromatic rings. The minimum atomic E-state index is -1.12. The molecule has 0 saturated carbocycles. The molecule has 2 aromatic heterocycles. The summed E-state index contributed by atoms with van der Waals surface area (Å²) >= 11 is 0. The lowest BCUT2D eigenvalue weighted by molar-refractivity contribution is -0.137. The van der Waals surface area contributed by atoms with E-state index < -0.39 is 23.6 Å². The van der Waals surface area contributed by atoms with E-state index in [1.807, 2.05) is 6.07 Å². The van der Waals surface area contributed by atoms with Crippen molar-refractivity contribution >= 4 is 17.6 Å². The van der Waals surface area contributed by atoms with Crippen molar-refractivity contribution in [3.05, 3.63) is 72.4 Å². The maximum atomic E-state index is 12.7. The molecule has 3 N–H and O–H groups in total. The van der Waals surface area contributed by atoms with Crippen molar-refractivity contribution in [3.63, 3.8) is 0 Å². The highest BCUT2D eigenvalue weighted by Gasteiger charge is 2.28. The fourth-order valence-electron chi connectivity index (χ4n) is 2.54. The predicted molar refractivity (Wildman–Crippen MR) is 95.3 cm³/mol. The van der Waals surface area contributed by atoms with Crippen LogP contribution in [0, 0.1) is 0 Å². The summed E-state index contributed by atoms with van der Waals surface area (Å²) in [6.07, 6.45) is 2.78. The third-order valence-electron chi connectivity index (χ3n) is 3.83. The minimum Gasteiger partial charge on any atom is -0.441 e. The predicted octanol–water partition coefficient (Wildman–Crippen LogP) is 1.13. The van der Waals surface area contributed by atoms with E-state index in [0.29, 0.717) is 5.69 Å². The number of nitrogens with two attached hydrogens (primary N) is 1. The topological polar surface area (TPSA) is 128 Å². The van der Waals surface area contributed by atoms with Crippen molar-refractivity contribution in [2.24, 2.45) is 5.73 Å². The van der Waals surface area contributed by atoms with E-state index in [-0.39, 0.29) is 17.9 Å². The van der Waals surface area contributed by atoms with Gasteiger partial charge in [-0.1, -0.05) is 36.4 Å².